The van der Waals surface area contributed by atoms with Crippen LogP contribution in [0.2, 0.25) is 0 Å². The van der Waals surface area contributed by atoms with Gasteiger partial charge in [0.1, 0.15) is 0 Å². The van der Waals surface area contributed by atoms with Gasteiger partial charge >= 0.3 is 0 Å². The molecule has 0 aliphatic heterocycles. The Kier molecular flexibility index (Phi) is 5.21. The number of hydrogen-bond acceptors (Lipinski definition) is 4. The van der Waals surface area contributed by atoms with Crippen LogP contribution in [0.1, 0.15) is 21.6 Å². The smallest absolute Gasteiger partial charge is 0.230 e. The number of nitrogens with one attached hydrogen (secondary N) is 1. The van der Waals surface area contributed by atoms with E-state index in [-0.39, 0.29) is 5.91 Å². The van der Waals surface area contributed by atoms with Crippen molar-refractivity contribution >= 4 is 39.9 Å². The molecule has 1 aromatic carbocycles. The maximum Gasteiger partial charge on any atom is 0.230 e. The van der Waals surface area contributed by atoms with E-state index in [9.17, 15) is 4.79 Å². The van der Waals surface area contributed by atoms with Crippen LogP contribution >= 0.6 is 23.1 Å². The normalized spacial score (nSPS) is 11.0. The number of benzene rings is 1. The molecule has 0 bridgehead atoms. The zero-order valence-electron chi connectivity index (χ0n) is 14.1. The fourth-order valence-corrected chi connectivity index (χ4v) is 4.12. The molecule has 124 valence electrons. The largest absolute Gasteiger partial charge is 0.350 e. The average Bonchev–Trinajstić information content (AvgIpc) is 3.05. The second-order valence-electron chi connectivity index (χ2n) is 5.90. The molecular weight excluding hydrogens is 336 g/mol. The third-order valence-corrected chi connectivity index (χ3v) is 5.61. The molecule has 5 heteroatoms. The van der Waals surface area contributed by atoms with Crippen LogP contribution in [0, 0.1) is 20.8 Å². The van der Waals surface area contributed by atoms with Crippen LogP contribution in [-0.4, -0.2) is 16.6 Å². The Labute approximate surface area is 150 Å². The Bertz CT molecular complexity index is 873. The van der Waals surface area contributed by atoms with Crippen LogP contribution in [0.5, 0.6) is 0 Å². The molecule has 3 rings (SSSR count). The Morgan fingerprint density at radius 1 is 1.21 bits per heavy atom. The first-order valence-electron chi connectivity index (χ1n) is 7.83. The number of carbonyl (C=O) groups excluding carboxylic acids is 1. The standard InChI is InChI=1S/C19H20N2OS2/c1-12-7-14(3)19-16(8-12)13(2)9-18(21-19)24-11-17(22)20-10-15-5-4-6-23-15/h4-9H,10-11H2,1-3H3,(H,20,22). The average molecular weight is 357 g/mol. The third-order valence-electron chi connectivity index (χ3n) is 3.82. The van der Waals surface area contributed by atoms with Crippen molar-refractivity contribution in [2.24, 2.45) is 0 Å². The molecule has 0 saturated carbocycles. The predicted octanol–water partition coefficient (Wildman–Crippen LogP) is 4.63. The van der Waals surface area contributed by atoms with Crippen molar-refractivity contribution in [1.29, 1.82) is 0 Å². The van der Waals surface area contributed by atoms with E-state index in [0.717, 1.165) is 10.5 Å². The quantitative estimate of drug-likeness (QED) is 0.678. The molecule has 0 aliphatic carbocycles. The highest BCUT2D eigenvalue weighted by atomic mass is 32.2. The minimum absolute atomic E-state index is 0.0357. The van der Waals surface area contributed by atoms with E-state index < -0.39 is 0 Å². The maximum absolute atomic E-state index is 12.0. The SMILES string of the molecule is Cc1cc(C)c2nc(SCC(=O)NCc3cccs3)cc(C)c2c1. The molecule has 0 radical (unpaired) electrons. The molecule has 2 heterocycles. The first kappa shape index (κ1) is 17.0. The molecule has 0 atom stereocenters. The molecule has 0 saturated heterocycles. The highest BCUT2D eigenvalue weighted by Crippen LogP contribution is 2.26. The lowest BCUT2D eigenvalue weighted by Gasteiger charge is -2.10. The Morgan fingerprint density at radius 2 is 2.04 bits per heavy atom. The van der Waals surface area contributed by atoms with Crippen molar-refractivity contribution in [3.8, 4) is 0 Å². The van der Waals surface area contributed by atoms with Crippen molar-refractivity contribution in [1.82, 2.24) is 10.3 Å². The summed E-state index contributed by atoms with van der Waals surface area (Å²) in [6.45, 7) is 6.89. The lowest BCUT2D eigenvalue weighted by molar-refractivity contribution is -0.118. The van der Waals surface area contributed by atoms with Crippen molar-refractivity contribution in [2.75, 3.05) is 5.75 Å². The van der Waals surface area contributed by atoms with Crippen LogP contribution in [0.25, 0.3) is 10.9 Å². The predicted molar refractivity (Wildman–Crippen MR) is 103 cm³/mol. The van der Waals surface area contributed by atoms with Crippen molar-refractivity contribution in [3.63, 3.8) is 0 Å². The molecule has 0 spiro atoms. The van der Waals surface area contributed by atoms with Crippen molar-refractivity contribution < 1.29 is 4.79 Å². The van der Waals surface area contributed by atoms with Gasteiger partial charge in [-0.1, -0.05) is 29.5 Å². The summed E-state index contributed by atoms with van der Waals surface area (Å²) in [7, 11) is 0. The van der Waals surface area contributed by atoms with Gasteiger partial charge in [-0.3, -0.25) is 4.79 Å². The molecule has 0 aliphatic rings. The number of rotatable bonds is 5. The van der Waals surface area contributed by atoms with Gasteiger partial charge in [-0.25, -0.2) is 4.98 Å². The molecule has 0 unspecified atom stereocenters. The Hall–Kier alpha value is -1.85. The number of amides is 1. The highest BCUT2D eigenvalue weighted by molar-refractivity contribution is 7.99. The number of carbonyl (C=O) groups is 1. The van der Waals surface area contributed by atoms with Gasteiger partial charge in [0.15, 0.2) is 0 Å². The van der Waals surface area contributed by atoms with Crippen molar-refractivity contribution in [3.05, 3.63) is 57.3 Å². The van der Waals surface area contributed by atoms with Gasteiger partial charge in [-0.15, -0.1) is 11.3 Å². The monoisotopic (exact) mass is 356 g/mol. The number of hydrogen-bond donors (Lipinski definition) is 1. The van der Waals surface area contributed by atoms with Gasteiger partial charge < -0.3 is 5.32 Å². The van der Waals surface area contributed by atoms with E-state index in [4.69, 9.17) is 4.98 Å². The van der Waals surface area contributed by atoms with Gasteiger partial charge in [-0.2, -0.15) is 0 Å². The maximum atomic E-state index is 12.0. The summed E-state index contributed by atoms with van der Waals surface area (Å²) in [5.74, 6) is 0.419. The lowest BCUT2D eigenvalue weighted by atomic mass is 10.0. The molecule has 3 nitrogen and oxygen atoms in total. The van der Waals surface area contributed by atoms with E-state index in [0.29, 0.717) is 12.3 Å². The number of aryl methyl sites for hydroxylation is 3. The van der Waals surface area contributed by atoms with Crippen LogP contribution < -0.4 is 5.32 Å². The Balaban J connectivity index is 1.68. The molecule has 1 N–H and O–H groups in total. The molecule has 1 amide bonds. The number of fused-ring (bicyclic) bond motifs is 1. The summed E-state index contributed by atoms with van der Waals surface area (Å²) in [5, 5.41) is 7.06. The minimum Gasteiger partial charge on any atom is -0.350 e. The van der Waals surface area contributed by atoms with Crippen LogP contribution in [0.4, 0.5) is 0 Å². The summed E-state index contributed by atoms with van der Waals surface area (Å²) < 4.78 is 0. The van der Waals surface area contributed by atoms with E-state index in [1.807, 2.05) is 17.5 Å². The van der Waals surface area contributed by atoms with E-state index in [1.54, 1.807) is 11.3 Å². The van der Waals surface area contributed by atoms with Crippen molar-refractivity contribution in [2.45, 2.75) is 32.3 Å². The summed E-state index contributed by atoms with van der Waals surface area (Å²) in [4.78, 5) is 17.9. The van der Waals surface area contributed by atoms with E-state index in [2.05, 4.69) is 44.3 Å². The van der Waals surface area contributed by atoms with E-state index >= 15 is 0 Å². The topological polar surface area (TPSA) is 42.0 Å². The number of aromatic nitrogens is 1. The van der Waals surface area contributed by atoms with Gasteiger partial charge in [0.25, 0.3) is 0 Å². The van der Waals surface area contributed by atoms with Crippen LogP contribution in [0.15, 0.2) is 40.7 Å². The third kappa shape index (κ3) is 3.97. The first-order valence-corrected chi connectivity index (χ1v) is 9.70. The first-order chi connectivity index (χ1) is 11.5. The second kappa shape index (κ2) is 7.36. The van der Waals surface area contributed by atoms with E-state index in [1.165, 1.54) is 38.7 Å². The number of thioether (sulfide) groups is 1. The van der Waals surface area contributed by atoms with Gasteiger partial charge in [0, 0.05) is 10.3 Å². The lowest BCUT2D eigenvalue weighted by Crippen LogP contribution is -2.24. The van der Waals surface area contributed by atoms with Gasteiger partial charge in [0.05, 0.1) is 22.8 Å². The summed E-state index contributed by atoms with van der Waals surface area (Å²) >= 11 is 3.14. The van der Waals surface area contributed by atoms with Gasteiger partial charge in [0.2, 0.25) is 5.91 Å². The minimum atomic E-state index is 0.0357. The summed E-state index contributed by atoms with van der Waals surface area (Å²) in [5.41, 5.74) is 4.66. The summed E-state index contributed by atoms with van der Waals surface area (Å²) in [6.07, 6.45) is 0. The number of nitrogens with zero attached hydrogens (tertiary/aromatic N) is 1. The fourth-order valence-electron chi connectivity index (χ4n) is 2.68. The number of pyridine rings is 1. The Morgan fingerprint density at radius 3 is 2.79 bits per heavy atom. The zero-order valence-corrected chi connectivity index (χ0v) is 15.7. The van der Waals surface area contributed by atoms with Gasteiger partial charge in [-0.05, 0) is 55.5 Å². The molecule has 2 aromatic heterocycles. The van der Waals surface area contributed by atoms with Crippen LogP contribution in [-0.2, 0) is 11.3 Å². The second-order valence-corrected chi connectivity index (χ2v) is 7.93. The highest BCUT2D eigenvalue weighted by Gasteiger charge is 2.09. The number of thiophene rings is 1. The molecular formula is C19H20N2OS2. The molecule has 24 heavy (non-hydrogen) atoms. The summed E-state index contributed by atoms with van der Waals surface area (Å²) in [6, 6.07) is 10.4. The van der Waals surface area contributed by atoms with Crippen LogP contribution in [0.3, 0.4) is 0 Å². The zero-order chi connectivity index (χ0) is 17.1. The molecule has 3 aromatic rings. The fraction of sp³-hybridized carbons (Fsp3) is 0.263. The molecule has 0 fully saturated rings.